The van der Waals surface area contributed by atoms with Gasteiger partial charge in [-0.3, -0.25) is 4.90 Å². The van der Waals surface area contributed by atoms with E-state index in [0.717, 1.165) is 12.5 Å². The van der Waals surface area contributed by atoms with E-state index in [2.05, 4.69) is 25.8 Å². The molecule has 1 rings (SSSR count). The maximum Gasteiger partial charge on any atom is 0.0328 e. The van der Waals surface area contributed by atoms with Gasteiger partial charge in [-0.05, 0) is 32.2 Å². The van der Waals surface area contributed by atoms with Crippen molar-refractivity contribution in [2.45, 2.75) is 38.6 Å². The van der Waals surface area contributed by atoms with E-state index in [4.69, 9.17) is 5.73 Å². The van der Waals surface area contributed by atoms with Gasteiger partial charge in [-0.2, -0.15) is 0 Å². The first kappa shape index (κ1) is 10.0. The Kier molecular flexibility index (Phi) is 3.13. The van der Waals surface area contributed by atoms with Gasteiger partial charge in [-0.15, -0.1) is 0 Å². The smallest absolute Gasteiger partial charge is 0.0328 e. The van der Waals surface area contributed by atoms with Crippen molar-refractivity contribution in [3.05, 3.63) is 0 Å². The summed E-state index contributed by atoms with van der Waals surface area (Å²) in [7, 11) is 2.21. The summed E-state index contributed by atoms with van der Waals surface area (Å²) in [5, 5.41) is 0. The zero-order chi connectivity index (χ0) is 9.19. The predicted octanol–water partition coefficient (Wildman–Crippen LogP) is 1.46. The van der Waals surface area contributed by atoms with E-state index in [1.165, 1.54) is 25.8 Å². The molecule has 1 aliphatic rings. The summed E-state index contributed by atoms with van der Waals surface area (Å²) in [6.45, 7) is 6.53. The first-order chi connectivity index (χ1) is 5.60. The predicted molar refractivity (Wildman–Crippen MR) is 53.1 cm³/mol. The molecule has 0 bridgehead atoms. The van der Waals surface area contributed by atoms with Gasteiger partial charge in [-0.1, -0.05) is 13.8 Å². The lowest BCUT2D eigenvalue weighted by atomic mass is 9.75. The van der Waals surface area contributed by atoms with Gasteiger partial charge in [-0.25, -0.2) is 0 Å². The van der Waals surface area contributed by atoms with Crippen LogP contribution in [0.5, 0.6) is 0 Å². The Hall–Kier alpha value is -0.0800. The molecular weight excluding hydrogens is 148 g/mol. The lowest BCUT2D eigenvalue weighted by Crippen LogP contribution is -2.57. The molecule has 0 saturated heterocycles. The molecule has 0 atom stereocenters. The van der Waals surface area contributed by atoms with Crippen LogP contribution in [0.15, 0.2) is 0 Å². The van der Waals surface area contributed by atoms with Crippen molar-refractivity contribution in [3.8, 4) is 0 Å². The molecule has 72 valence electrons. The van der Waals surface area contributed by atoms with Crippen molar-refractivity contribution in [1.82, 2.24) is 4.90 Å². The van der Waals surface area contributed by atoms with Gasteiger partial charge >= 0.3 is 0 Å². The molecule has 0 amide bonds. The van der Waals surface area contributed by atoms with Gasteiger partial charge in [0.25, 0.3) is 0 Å². The highest BCUT2D eigenvalue weighted by Gasteiger charge is 2.39. The number of nitrogens with zero attached hydrogens (tertiary/aromatic N) is 1. The monoisotopic (exact) mass is 170 g/mol. The molecule has 0 aromatic carbocycles. The fraction of sp³-hybridized carbons (Fsp3) is 1.00. The van der Waals surface area contributed by atoms with Gasteiger partial charge in [0.1, 0.15) is 0 Å². The van der Waals surface area contributed by atoms with Crippen molar-refractivity contribution in [2.24, 2.45) is 11.7 Å². The summed E-state index contributed by atoms with van der Waals surface area (Å²) in [5.41, 5.74) is 6.17. The Morgan fingerprint density at radius 2 is 2.00 bits per heavy atom. The third-order valence-corrected chi connectivity index (χ3v) is 3.11. The number of hydrogen-bond donors (Lipinski definition) is 1. The average Bonchev–Trinajstić information content (AvgIpc) is 1.83. The summed E-state index contributed by atoms with van der Waals surface area (Å²) in [6, 6.07) is 0. The maximum atomic E-state index is 5.80. The summed E-state index contributed by atoms with van der Waals surface area (Å²) in [5.74, 6) is 0.749. The molecule has 0 heterocycles. The maximum absolute atomic E-state index is 5.80. The number of nitrogens with two attached hydrogens (primary N) is 1. The van der Waals surface area contributed by atoms with Gasteiger partial charge in [0, 0.05) is 18.6 Å². The van der Waals surface area contributed by atoms with Gasteiger partial charge in [0.15, 0.2) is 0 Å². The molecule has 0 aromatic rings. The molecule has 0 aromatic heterocycles. The molecule has 0 aliphatic heterocycles. The lowest BCUT2D eigenvalue weighted by molar-refractivity contribution is 0.0374. The van der Waals surface area contributed by atoms with Crippen LogP contribution in [0.25, 0.3) is 0 Å². The highest BCUT2D eigenvalue weighted by Crippen LogP contribution is 2.36. The van der Waals surface area contributed by atoms with E-state index < -0.39 is 0 Å². The van der Waals surface area contributed by atoms with Crippen LogP contribution in [0.3, 0.4) is 0 Å². The van der Waals surface area contributed by atoms with Crippen molar-refractivity contribution in [3.63, 3.8) is 0 Å². The minimum absolute atomic E-state index is 0.365. The molecule has 1 aliphatic carbocycles. The van der Waals surface area contributed by atoms with Crippen molar-refractivity contribution < 1.29 is 0 Å². The topological polar surface area (TPSA) is 29.3 Å². The van der Waals surface area contributed by atoms with Crippen molar-refractivity contribution >= 4 is 0 Å². The van der Waals surface area contributed by atoms with Gasteiger partial charge < -0.3 is 5.73 Å². The van der Waals surface area contributed by atoms with Crippen LogP contribution in [0.1, 0.15) is 33.1 Å². The summed E-state index contributed by atoms with van der Waals surface area (Å²) in [6.07, 6.45) is 3.96. The largest absolute Gasteiger partial charge is 0.329 e. The van der Waals surface area contributed by atoms with E-state index in [1.54, 1.807) is 0 Å². The molecule has 2 N–H and O–H groups in total. The first-order valence-electron chi connectivity index (χ1n) is 5.02. The third-order valence-electron chi connectivity index (χ3n) is 3.11. The average molecular weight is 170 g/mol. The van der Waals surface area contributed by atoms with E-state index in [-0.39, 0.29) is 0 Å². The Bertz CT molecular complexity index is 133. The van der Waals surface area contributed by atoms with Crippen LogP contribution in [-0.2, 0) is 0 Å². The first-order valence-corrected chi connectivity index (χ1v) is 5.02. The SMILES string of the molecule is CC(C)CN(C)C1(CN)CCC1. The molecule has 1 saturated carbocycles. The minimum atomic E-state index is 0.365. The standard InChI is InChI=1S/C10H22N2/c1-9(2)7-12(3)10(8-11)5-4-6-10/h9H,4-8,11H2,1-3H3. The van der Waals surface area contributed by atoms with E-state index in [1.807, 2.05) is 0 Å². The summed E-state index contributed by atoms with van der Waals surface area (Å²) >= 11 is 0. The Balaban J connectivity index is 2.43. The minimum Gasteiger partial charge on any atom is -0.329 e. The molecule has 12 heavy (non-hydrogen) atoms. The molecule has 2 nitrogen and oxygen atoms in total. The number of rotatable bonds is 4. The Morgan fingerprint density at radius 1 is 1.42 bits per heavy atom. The van der Waals surface area contributed by atoms with Crippen LogP contribution in [0.2, 0.25) is 0 Å². The van der Waals surface area contributed by atoms with E-state index in [9.17, 15) is 0 Å². The van der Waals surface area contributed by atoms with E-state index >= 15 is 0 Å². The lowest BCUT2D eigenvalue weighted by Gasteiger charge is -2.48. The zero-order valence-electron chi connectivity index (χ0n) is 8.64. The fourth-order valence-electron chi connectivity index (χ4n) is 2.07. The van der Waals surface area contributed by atoms with Gasteiger partial charge in [0.2, 0.25) is 0 Å². The molecule has 2 heteroatoms. The second-order valence-corrected chi connectivity index (χ2v) is 4.56. The van der Waals surface area contributed by atoms with Crippen LogP contribution >= 0.6 is 0 Å². The van der Waals surface area contributed by atoms with Crippen molar-refractivity contribution in [1.29, 1.82) is 0 Å². The van der Waals surface area contributed by atoms with E-state index in [0.29, 0.717) is 5.54 Å². The molecule has 0 spiro atoms. The van der Waals surface area contributed by atoms with Crippen LogP contribution < -0.4 is 5.73 Å². The van der Waals surface area contributed by atoms with Gasteiger partial charge in [0.05, 0.1) is 0 Å². The molecule has 0 unspecified atom stereocenters. The number of likely N-dealkylation sites (N-methyl/N-ethyl adjacent to an activating group) is 1. The second-order valence-electron chi connectivity index (χ2n) is 4.56. The molecule has 0 radical (unpaired) electrons. The quantitative estimate of drug-likeness (QED) is 0.692. The molecular formula is C10H22N2. The zero-order valence-corrected chi connectivity index (χ0v) is 8.64. The summed E-state index contributed by atoms with van der Waals surface area (Å²) < 4.78 is 0. The third kappa shape index (κ3) is 1.80. The number of hydrogen-bond acceptors (Lipinski definition) is 2. The second kappa shape index (κ2) is 3.75. The van der Waals surface area contributed by atoms with Crippen molar-refractivity contribution in [2.75, 3.05) is 20.1 Å². The fourth-order valence-corrected chi connectivity index (χ4v) is 2.07. The van der Waals surface area contributed by atoms with Crippen LogP contribution in [-0.4, -0.2) is 30.6 Å². The highest BCUT2D eigenvalue weighted by atomic mass is 15.2. The molecule has 1 fully saturated rings. The normalized spacial score (nSPS) is 21.5. The van der Waals surface area contributed by atoms with Crippen LogP contribution in [0, 0.1) is 5.92 Å². The summed E-state index contributed by atoms with van der Waals surface area (Å²) in [4.78, 5) is 2.46. The Morgan fingerprint density at radius 3 is 2.25 bits per heavy atom. The van der Waals surface area contributed by atoms with Crippen LogP contribution in [0.4, 0.5) is 0 Å². The highest BCUT2D eigenvalue weighted by molar-refractivity contribution is 4.97. The Labute approximate surface area is 76.1 Å².